The first-order valence-corrected chi connectivity index (χ1v) is 10.2. The van der Waals surface area contributed by atoms with E-state index >= 15 is 0 Å². The Hall–Kier alpha value is -3.03. The second-order valence-corrected chi connectivity index (χ2v) is 7.27. The Labute approximate surface area is 176 Å². The molecular formula is C23H26N4O3. The summed E-state index contributed by atoms with van der Waals surface area (Å²) in [5.41, 5.74) is 7.17. The zero-order valence-corrected chi connectivity index (χ0v) is 17.1. The number of aromatic nitrogens is 3. The van der Waals surface area contributed by atoms with Crippen molar-refractivity contribution >= 4 is 5.71 Å². The number of hydrogen-bond acceptors (Lipinski definition) is 6. The maximum atomic E-state index is 9.20. The highest BCUT2D eigenvalue weighted by Gasteiger charge is 2.20. The van der Waals surface area contributed by atoms with Gasteiger partial charge in [0.15, 0.2) is 0 Å². The Morgan fingerprint density at radius 2 is 1.90 bits per heavy atom. The van der Waals surface area contributed by atoms with Gasteiger partial charge in [0.2, 0.25) is 0 Å². The van der Waals surface area contributed by atoms with Crippen molar-refractivity contribution in [3.8, 4) is 22.4 Å². The SMILES string of the molecule is COCCOCCCn1cc(-c2ccc3c(c2)CC/C3=N\O)c(-c2ccncc2)n1. The predicted octanol–water partition coefficient (Wildman–Crippen LogP) is 3.79. The first-order valence-electron chi connectivity index (χ1n) is 10.2. The number of fused-ring (bicyclic) bond motifs is 1. The average molecular weight is 406 g/mol. The number of rotatable bonds is 9. The van der Waals surface area contributed by atoms with Crippen molar-refractivity contribution in [1.29, 1.82) is 0 Å². The maximum Gasteiger partial charge on any atom is 0.100 e. The lowest BCUT2D eigenvalue weighted by atomic mass is 9.98. The molecule has 1 aliphatic rings. The van der Waals surface area contributed by atoms with Gasteiger partial charge in [-0.05, 0) is 42.5 Å². The summed E-state index contributed by atoms with van der Waals surface area (Å²) in [5.74, 6) is 0. The Morgan fingerprint density at radius 3 is 2.70 bits per heavy atom. The van der Waals surface area contributed by atoms with Gasteiger partial charge in [-0.1, -0.05) is 23.4 Å². The molecule has 0 bridgehead atoms. The summed E-state index contributed by atoms with van der Waals surface area (Å²) in [4.78, 5) is 4.13. The minimum atomic E-state index is 0.609. The van der Waals surface area contributed by atoms with E-state index in [4.69, 9.17) is 14.6 Å². The lowest BCUT2D eigenvalue weighted by molar-refractivity contribution is 0.0677. The van der Waals surface area contributed by atoms with E-state index < -0.39 is 0 Å². The summed E-state index contributed by atoms with van der Waals surface area (Å²) < 4.78 is 12.6. The number of methoxy groups -OCH3 is 1. The summed E-state index contributed by atoms with van der Waals surface area (Å²) in [6.07, 6.45) is 8.21. The molecule has 1 N–H and O–H groups in total. The third-order valence-electron chi connectivity index (χ3n) is 5.30. The second-order valence-electron chi connectivity index (χ2n) is 7.27. The molecule has 1 aromatic carbocycles. The fourth-order valence-electron chi connectivity index (χ4n) is 3.78. The molecule has 2 heterocycles. The van der Waals surface area contributed by atoms with E-state index in [0.29, 0.717) is 19.8 Å². The fourth-order valence-corrected chi connectivity index (χ4v) is 3.78. The van der Waals surface area contributed by atoms with Gasteiger partial charge in [-0.2, -0.15) is 5.10 Å². The molecule has 0 spiro atoms. The summed E-state index contributed by atoms with van der Waals surface area (Å²) >= 11 is 0. The normalized spacial score (nSPS) is 14.4. The van der Waals surface area contributed by atoms with Crippen molar-refractivity contribution in [3.63, 3.8) is 0 Å². The summed E-state index contributed by atoms with van der Waals surface area (Å²) in [6, 6.07) is 10.3. The Kier molecular flexibility index (Phi) is 6.51. The van der Waals surface area contributed by atoms with Crippen LogP contribution in [-0.2, 0) is 22.4 Å². The second kappa shape index (κ2) is 9.65. The Morgan fingerprint density at radius 1 is 1.03 bits per heavy atom. The third kappa shape index (κ3) is 4.42. The van der Waals surface area contributed by atoms with Gasteiger partial charge in [0.25, 0.3) is 0 Å². The average Bonchev–Trinajstić information content (AvgIpc) is 3.40. The smallest absolute Gasteiger partial charge is 0.100 e. The van der Waals surface area contributed by atoms with Crippen LogP contribution in [0.3, 0.4) is 0 Å². The lowest BCUT2D eigenvalue weighted by Gasteiger charge is -2.06. The third-order valence-corrected chi connectivity index (χ3v) is 5.30. The van der Waals surface area contributed by atoms with Gasteiger partial charge in [-0.3, -0.25) is 9.67 Å². The highest BCUT2D eigenvalue weighted by atomic mass is 16.5. The highest BCUT2D eigenvalue weighted by Crippen LogP contribution is 2.34. The molecule has 4 rings (SSSR count). The molecule has 0 atom stereocenters. The molecule has 156 valence electrons. The highest BCUT2D eigenvalue weighted by molar-refractivity contribution is 6.04. The van der Waals surface area contributed by atoms with Crippen LogP contribution >= 0.6 is 0 Å². The molecule has 7 nitrogen and oxygen atoms in total. The van der Waals surface area contributed by atoms with Crippen molar-refractivity contribution < 1.29 is 14.7 Å². The van der Waals surface area contributed by atoms with E-state index in [2.05, 4.69) is 28.5 Å². The number of hydrogen-bond donors (Lipinski definition) is 1. The van der Waals surface area contributed by atoms with Gasteiger partial charge in [0, 0.05) is 55.5 Å². The minimum absolute atomic E-state index is 0.609. The van der Waals surface area contributed by atoms with Crippen molar-refractivity contribution in [3.05, 3.63) is 60.0 Å². The molecule has 0 saturated heterocycles. The van der Waals surface area contributed by atoms with Crippen LogP contribution in [0.2, 0.25) is 0 Å². The summed E-state index contributed by atoms with van der Waals surface area (Å²) in [6.45, 7) is 2.67. The van der Waals surface area contributed by atoms with Gasteiger partial charge in [0.05, 0.1) is 18.9 Å². The first-order chi connectivity index (χ1) is 14.8. The van der Waals surface area contributed by atoms with Gasteiger partial charge in [-0.15, -0.1) is 0 Å². The van der Waals surface area contributed by atoms with Crippen LogP contribution in [0.15, 0.2) is 54.1 Å². The monoisotopic (exact) mass is 406 g/mol. The largest absolute Gasteiger partial charge is 0.411 e. The van der Waals surface area contributed by atoms with E-state index in [1.54, 1.807) is 19.5 Å². The fraction of sp³-hybridized carbons (Fsp3) is 0.348. The zero-order chi connectivity index (χ0) is 20.8. The van der Waals surface area contributed by atoms with Crippen LogP contribution in [0.4, 0.5) is 0 Å². The number of aryl methyl sites for hydroxylation is 2. The van der Waals surface area contributed by atoms with Crippen molar-refractivity contribution in [1.82, 2.24) is 14.8 Å². The van der Waals surface area contributed by atoms with E-state index in [1.165, 1.54) is 5.56 Å². The van der Waals surface area contributed by atoms with Crippen molar-refractivity contribution in [2.24, 2.45) is 5.16 Å². The molecule has 0 aliphatic heterocycles. The van der Waals surface area contributed by atoms with Crippen LogP contribution in [0, 0.1) is 0 Å². The number of ether oxygens (including phenoxy) is 2. The number of nitrogens with zero attached hydrogens (tertiary/aromatic N) is 4. The quantitative estimate of drug-likeness (QED) is 0.332. The topological polar surface area (TPSA) is 81.8 Å². The molecule has 1 aliphatic carbocycles. The molecule has 7 heteroatoms. The maximum absolute atomic E-state index is 9.20. The van der Waals surface area contributed by atoms with E-state index in [0.717, 1.165) is 59.5 Å². The van der Waals surface area contributed by atoms with Crippen molar-refractivity contribution in [2.45, 2.75) is 25.8 Å². The molecule has 0 unspecified atom stereocenters. The van der Waals surface area contributed by atoms with Gasteiger partial charge >= 0.3 is 0 Å². The zero-order valence-electron chi connectivity index (χ0n) is 17.1. The molecule has 0 radical (unpaired) electrons. The molecule has 3 aromatic rings. The standard InChI is InChI=1S/C23H26N4O3/c1-29-13-14-30-12-2-11-27-16-21(23(25-27)17-7-9-24-10-8-17)19-3-5-20-18(15-19)4-6-22(20)26-28/h3,5,7-10,15-16,28H,2,4,6,11-14H2,1H3/b26-22+. The number of benzene rings is 1. The lowest BCUT2D eigenvalue weighted by Crippen LogP contribution is -2.06. The van der Waals surface area contributed by atoms with E-state index in [9.17, 15) is 5.21 Å². The summed E-state index contributed by atoms with van der Waals surface area (Å²) in [7, 11) is 1.67. The summed E-state index contributed by atoms with van der Waals surface area (Å²) in [5, 5.41) is 17.5. The van der Waals surface area contributed by atoms with Crippen LogP contribution < -0.4 is 0 Å². The van der Waals surface area contributed by atoms with Gasteiger partial charge < -0.3 is 14.7 Å². The van der Waals surface area contributed by atoms with Gasteiger partial charge in [0.1, 0.15) is 5.69 Å². The molecule has 30 heavy (non-hydrogen) atoms. The number of pyridine rings is 1. The van der Waals surface area contributed by atoms with Crippen molar-refractivity contribution in [2.75, 3.05) is 26.9 Å². The van der Waals surface area contributed by atoms with Crippen LogP contribution in [0.1, 0.15) is 24.0 Å². The number of oxime groups is 1. The predicted molar refractivity (Wildman–Crippen MR) is 115 cm³/mol. The van der Waals surface area contributed by atoms with Gasteiger partial charge in [-0.25, -0.2) is 0 Å². The van der Waals surface area contributed by atoms with Crippen LogP contribution in [0.25, 0.3) is 22.4 Å². The molecule has 2 aromatic heterocycles. The first kappa shape index (κ1) is 20.3. The molecule has 0 saturated carbocycles. The minimum Gasteiger partial charge on any atom is -0.411 e. The van der Waals surface area contributed by atoms with Crippen LogP contribution in [-0.4, -0.2) is 52.6 Å². The molecular weight excluding hydrogens is 380 g/mol. The van der Waals surface area contributed by atoms with E-state index in [-0.39, 0.29) is 0 Å². The molecule has 0 amide bonds. The molecule has 0 fully saturated rings. The Balaban J connectivity index is 1.59. The van der Waals surface area contributed by atoms with Crippen LogP contribution in [0.5, 0.6) is 0 Å². The van der Waals surface area contributed by atoms with E-state index in [1.807, 2.05) is 22.9 Å². The Bertz CT molecular complexity index is 1010.